The summed E-state index contributed by atoms with van der Waals surface area (Å²) in [4.78, 5) is 77.8. The molecular formula is C47H74N4O10S4. The summed E-state index contributed by atoms with van der Waals surface area (Å²) in [5.74, 6) is 0.489. The van der Waals surface area contributed by atoms with Gasteiger partial charge in [0.05, 0.1) is 35.8 Å². The van der Waals surface area contributed by atoms with Crippen molar-refractivity contribution >= 4 is 78.4 Å². The molecule has 0 aromatic rings. The van der Waals surface area contributed by atoms with Crippen LogP contribution in [0.2, 0.25) is 0 Å². The van der Waals surface area contributed by atoms with Crippen molar-refractivity contribution in [2.75, 3.05) is 23.0 Å². The lowest BCUT2D eigenvalue weighted by molar-refractivity contribution is -0.134. The Balaban J connectivity index is 0.000000345. The van der Waals surface area contributed by atoms with Gasteiger partial charge in [0.15, 0.2) is 0 Å². The molecular weight excluding hydrogens is 909 g/mol. The molecule has 4 aliphatic rings. The van der Waals surface area contributed by atoms with Gasteiger partial charge in [0.1, 0.15) is 35.9 Å². The van der Waals surface area contributed by atoms with Crippen LogP contribution in [-0.4, -0.2) is 117 Å². The zero-order valence-electron chi connectivity index (χ0n) is 39.2. The molecule has 0 aromatic heterocycles. The van der Waals surface area contributed by atoms with Gasteiger partial charge >= 0.3 is 0 Å². The molecule has 11 atom stereocenters. The number of fused-ring (bicyclic) bond motifs is 14. The maximum atomic E-state index is 13.2. The smallest absolute Gasteiger partial charge is 0.243 e. The van der Waals surface area contributed by atoms with Crippen LogP contribution in [0.4, 0.5) is 0 Å². The third-order valence-corrected chi connectivity index (χ3v) is 16.6. The maximum absolute atomic E-state index is 13.2. The number of hydrogen-bond donors (Lipinski definition) is 6. The van der Waals surface area contributed by atoms with Crippen LogP contribution >= 0.6 is 43.2 Å². The molecule has 4 bridgehead atoms. The summed E-state index contributed by atoms with van der Waals surface area (Å²) in [6, 6.07) is -2.58. The standard InChI is InChI=1S/C24H38N2O5S2.C23H36N2O5S2/c1-14(2)19-12-17(27)11-18-8-6-7-9-32-33-13-20(25-23(19)29)24(30)26-22(15(3)4)21(28)10-16(5)31-18;1-5-14(2)21-20(27)11-16(4)30-18-8-6-7-9-31-32-13-19(23(29)25-21)24-22(28)15(3)10-17(26)12-18/h6,8,14-15,18-22,28H,5,7,9-13H2,1-4H3,(H,25,29)(H,26,30);6,8,14-15,18-21,27H,4-5,7,9-13H2,1-3H3,(H,24,28)(H,25,29)/b2*8-6+/t18?,19-,20-,21+,22?;14-,15+,18?,19-,20+,21-/m11/s1. The molecule has 0 saturated carbocycles. The number of nitrogens with one attached hydrogen (secondary N) is 4. The SMILES string of the molecule is C=C1C[C@H](O)C(C(C)C)NC(=O)[C@H]2CSSCC/C=C/C(CC(=O)C[C@H](C(C)C)C(=O)N2)O1.C=C1C[C@H](O)[C@@H]([C@H](C)CC)NC(=O)[C@H]2CSSCC/C=C/C(CC(=O)C[C@H](C)C(=O)N2)O1. The first kappa shape index (κ1) is 56.4. The summed E-state index contributed by atoms with van der Waals surface area (Å²) < 4.78 is 11.9. The van der Waals surface area contributed by atoms with Gasteiger partial charge in [-0.2, -0.15) is 0 Å². The first-order valence-corrected chi connectivity index (χ1v) is 27.9. The fraction of sp³-hybridized carbons (Fsp3) is 0.702. The van der Waals surface area contributed by atoms with Crippen LogP contribution in [0.1, 0.15) is 106 Å². The number of ketones is 2. The molecule has 2 fully saturated rings. The fourth-order valence-corrected chi connectivity index (χ4v) is 11.9. The molecule has 4 heterocycles. The molecule has 2 saturated heterocycles. The van der Waals surface area contributed by atoms with Crippen molar-refractivity contribution in [2.24, 2.45) is 29.6 Å². The van der Waals surface area contributed by atoms with E-state index in [1.54, 1.807) is 28.5 Å². The lowest BCUT2D eigenvalue weighted by Crippen LogP contribution is -2.56. The Morgan fingerprint density at radius 3 is 1.55 bits per heavy atom. The molecule has 4 aliphatic heterocycles. The van der Waals surface area contributed by atoms with E-state index >= 15 is 0 Å². The number of Topliss-reactive ketones (excluding diaryl/α,β-unsaturated/α-hetero) is 2. The summed E-state index contributed by atoms with van der Waals surface area (Å²) in [6.45, 7) is 21.2. The lowest BCUT2D eigenvalue weighted by atomic mass is 9.88. The van der Waals surface area contributed by atoms with E-state index in [9.17, 15) is 39.0 Å². The molecule has 14 nitrogen and oxygen atoms in total. The molecule has 65 heavy (non-hydrogen) atoms. The third kappa shape index (κ3) is 20.1. The van der Waals surface area contributed by atoms with E-state index in [2.05, 4.69) is 34.4 Å². The molecule has 0 spiro atoms. The van der Waals surface area contributed by atoms with Crippen molar-refractivity contribution in [2.45, 2.75) is 155 Å². The van der Waals surface area contributed by atoms with E-state index in [1.807, 2.05) is 65.8 Å². The van der Waals surface area contributed by atoms with Gasteiger partial charge < -0.3 is 41.0 Å². The van der Waals surface area contributed by atoms with Crippen LogP contribution < -0.4 is 21.3 Å². The number of aliphatic hydroxyl groups is 2. The largest absolute Gasteiger partial charge is 0.491 e. The first-order valence-electron chi connectivity index (χ1n) is 22.9. The van der Waals surface area contributed by atoms with Crippen molar-refractivity contribution in [3.63, 3.8) is 0 Å². The highest BCUT2D eigenvalue weighted by atomic mass is 33.1. The highest BCUT2D eigenvalue weighted by Gasteiger charge is 2.35. The highest BCUT2D eigenvalue weighted by molar-refractivity contribution is 8.77. The van der Waals surface area contributed by atoms with Gasteiger partial charge in [0, 0.05) is 73.4 Å². The van der Waals surface area contributed by atoms with E-state index in [0.29, 0.717) is 23.0 Å². The van der Waals surface area contributed by atoms with Crippen LogP contribution in [0, 0.1) is 29.6 Å². The number of ether oxygens (including phenoxy) is 2. The summed E-state index contributed by atoms with van der Waals surface area (Å²) in [5.41, 5.74) is 0. The minimum Gasteiger partial charge on any atom is -0.491 e. The topological polar surface area (TPSA) is 209 Å². The second kappa shape index (κ2) is 29.1. The maximum Gasteiger partial charge on any atom is 0.243 e. The van der Waals surface area contributed by atoms with Crippen molar-refractivity contribution < 1.29 is 48.5 Å². The number of aliphatic hydroxyl groups excluding tert-OH is 2. The number of carbonyl (C=O) groups is 6. The molecule has 0 aliphatic carbocycles. The third-order valence-electron chi connectivity index (χ3n) is 11.7. The molecule has 6 N–H and O–H groups in total. The number of amides is 4. The van der Waals surface area contributed by atoms with Gasteiger partial charge in [-0.3, -0.25) is 28.8 Å². The van der Waals surface area contributed by atoms with E-state index in [0.717, 1.165) is 30.8 Å². The summed E-state index contributed by atoms with van der Waals surface area (Å²) >= 11 is 0. The van der Waals surface area contributed by atoms with Gasteiger partial charge in [0.25, 0.3) is 0 Å². The quantitative estimate of drug-likeness (QED) is 0.136. The Morgan fingerprint density at radius 1 is 0.615 bits per heavy atom. The average molecular weight is 983 g/mol. The van der Waals surface area contributed by atoms with Gasteiger partial charge in [0.2, 0.25) is 23.6 Å². The van der Waals surface area contributed by atoms with Crippen molar-refractivity contribution in [1.29, 1.82) is 0 Å². The average Bonchev–Trinajstić information content (AvgIpc) is 3.23. The van der Waals surface area contributed by atoms with Crippen molar-refractivity contribution in [3.05, 3.63) is 49.0 Å². The fourth-order valence-electron chi connectivity index (χ4n) is 7.61. The van der Waals surface area contributed by atoms with Crippen molar-refractivity contribution in [1.82, 2.24) is 21.3 Å². The second-order valence-corrected chi connectivity index (χ2v) is 23.3. The van der Waals surface area contributed by atoms with Crippen LogP contribution in [-0.2, 0) is 38.2 Å². The summed E-state index contributed by atoms with van der Waals surface area (Å²) in [6.07, 6.45) is 7.90. The van der Waals surface area contributed by atoms with Crippen LogP contribution in [0.25, 0.3) is 0 Å². The van der Waals surface area contributed by atoms with E-state index in [-0.39, 0.29) is 91.5 Å². The second-order valence-electron chi connectivity index (χ2n) is 18.0. The molecule has 18 heteroatoms. The predicted octanol–water partition coefficient (Wildman–Crippen LogP) is 6.23. The van der Waals surface area contributed by atoms with E-state index < -0.39 is 60.4 Å². The van der Waals surface area contributed by atoms with E-state index in [1.165, 1.54) is 21.6 Å². The number of carbonyl (C=O) groups excluding carboxylic acids is 6. The lowest BCUT2D eigenvalue weighted by Gasteiger charge is -2.31. The summed E-state index contributed by atoms with van der Waals surface area (Å²) in [7, 11) is 6.32. The van der Waals surface area contributed by atoms with Gasteiger partial charge in [-0.15, -0.1) is 0 Å². The zero-order valence-corrected chi connectivity index (χ0v) is 42.5. The molecule has 4 amide bonds. The van der Waals surface area contributed by atoms with Gasteiger partial charge in [-0.25, -0.2) is 0 Å². The number of rotatable bonds is 4. The minimum absolute atomic E-state index is 0.00545. The summed E-state index contributed by atoms with van der Waals surface area (Å²) in [5, 5.41) is 33.4. The molecule has 0 aromatic carbocycles. The molecule has 0 radical (unpaired) electrons. The molecule has 366 valence electrons. The number of allylic oxidation sites excluding steroid dienone is 2. The van der Waals surface area contributed by atoms with Crippen LogP contribution in [0.5, 0.6) is 0 Å². The highest BCUT2D eigenvalue weighted by Crippen LogP contribution is 2.28. The van der Waals surface area contributed by atoms with Crippen LogP contribution in [0.3, 0.4) is 0 Å². The Hall–Kier alpha value is -2.90. The predicted molar refractivity (Wildman–Crippen MR) is 265 cm³/mol. The van der Waals surface area contributed by atoms with Gasteiger partial charge in [-0.1, -0.05) is 123 Å². The zero-order chi connectivity index (χ0) is 48.2. The number of hydrogen-bond acceptors (Lipinski definition) is 14. The molecule has 3 unspecified atom stereocenters. The Kier molecular flexibility index (Phi) is 25.3. The normalized spacial score (nSPS) is 32.9. The Labute approximate surface area is 402 Å². The van der Waals surface area contributed by atoms with Crippen molar-refractivity contribution in [3.8, 4) is 0 Å². The van der Waals surface area contributed by atoms with Crippen LogP contribution in [0.15, 0.2) is 49.0 Å². The Bertz CT molecular complexity index is 1690. The monoisotopic (exact) mass is 982 g/mol. The Morgan fingerprint density at radius 2 is 1.08 bits per heavy atom. The minimum atomic E-state index is -0.915. The van der Waals surface area contributed by atoms with E-state index in [4.69, 9.17) is 9.47 Å². The van der Waals surface area contributed by atoms with Gasteiger partial charge in [-0.05, 0) is 42.7 Å². The first-order chi connectivity index (χ1) is 30.8. The molecule has 4 rings (SSSR count).